The van der Waals surface area contributed by atoms with Crippen molar-refractivity contribution in [1.29, 1.82) is 0 Å². The SMILES string of the molecule is CC(C)(CNc1nc(Cl)nc(-n2ccnc2)n1)C(N)=O. The molecule has 2 rings (SSSR count). The average Bonchev–Trinajstić information content (AvgIpc) is 2.89. The van der Waals surface area contributed by atoms with E-state index in [-0.39, 0.29) is 17.8 Å². The number of anilines is 1. The maximum Gasteiger partial charge on any atom is 0.241 e. The quantitative estimate of drug-likeness (QED) is 0.837. The lowest BCUT2D eigenvalue weighted by atomic mass is 9.93. The summed E-state index contributed by atoms with van der Waals surface area (Å²) in [5.41, 5.74) is 4.57. The first-order valence-corrected chi connectivity index (χ1v) is 6.20. The molecule has 0 radical (unpaired) electrons. The molecule has 3 N–H and O–H groups in total. The van der Waals surface area contributed by atoms with Gasteiger partial charge in [-0.1, -0.05) is 0 Å². The minimum absolute atomic E-state index is 0.0445. The lowest BCUT2D eigenvalue weighted by Gasteiger charge is -2.20. The molecule has 0 saturated carbocycles. The molecule has 0 aliphatic rings. The maximum absolute atomic E-state index is 11.3. The highest BCUT2D eigenvalue weighted by Gasteiger charge is 2.25. The van der Waals surface area contributed by atoms with Crippen LogP contribution in [0.25, 0.3) is 5.95 Å². The van der Waals surface area contributed by atoms with Crippen molar-refractivity contribution in [3.8, 4) is 5.95 Å². The molecule has 0 unspecified atom stereocenters. The van der Waals surface area contributed by atoms with E-state index in [1.807, 2.05) is 0 Å². The molecule has 0 bridgehead atoms. The second kappa shape index (κ2) is 5.41. The van der Waals surface area contributed by atoms with Gasteiger partial charge in [-0.25, -0.2) is 4.98 Å². The number of nitrogens with zero attached hydrogens (tertiary/aromatic N) is 5. The van der Waals surface area contributed by atoms with Crippen LogP contribution in [0.3, 0.4) is 0 Å². The number of aromatic nitrogens is 5. The summed E-state index contributed by atoms with van der Waals surface area (Å²) in [4.78, 5) is 27.3. The van der Waals surface area contributed by atoms with Gasteiger partial charge in [-0.2, -0.15) is 15.0 Å². The number of imidazole rings is 1. The van der Waals surface area contributed by atoms with Crippen molar-refractivity contribution in [3.63, 3.8) is 0 Å². The molecular weight excluding hydrogens is 282 g/mol. The highest BCUT2D eigenvalue weighted by molar-refractivity contribution is 6.28. The third-order valence-corrected chi connectivity index (χ3v) is 2.86. The normalized spacial score (nSPS) is 11.3. The van der Waals surface area contributed by atoms with Crippen LogP contribution in [0.5, 0.6) is 0 Å². The third-order valence-electron chi connectivity index (χ3n) is 2.69. The van der Waals surface area contributed by atoms with Gasteiger partial charge in [0.25, 0.3) is 0 Å². The summed E-state index contributed by atoms with van der Waals surface area (Å²) in [5.74, 6) is 0.185. The Morgan fingerprint density at radius 1 is 1.45 bits per heavy atom. The molecule has 0 aliphatic carbocycles. The fourth-order valence-corrected chi connectivity index (χ4v) is 1.45. The Morgan fingerprint density at radius 2 is 2.20 bits per heavy atom. The molecule has 1 amide bonds. The Balaban J connectivity index is 2.19. The van der Waals surface area contributed by atoms with Crippen LogP contribution in [-0.4, -0.2) is 37.0 Å². The predicted octanol–water partition coefficient (Wildman–Crippen LogP) is 0.634. The molecule has 106 valence electrons. The van der Waals surface area contributed by atoms with Crippen molar-refractivity contribution in [2.45, 2.75) is 13.8 Å². The summed E-state index contributed by atoms with van der Waals surface area (Å²) < 4.78 is 1.60. The average molecular weight is 296 g/mol. The molecule has 20 heavy (non-hydrogen) atoms. The van der Waals surface area contributed by atoms with Crippen LogP contribution < -0.4 is 11.1 Å². The van der Waals surface area contributed by atoms with E-state index in [9.17, 15) is 4.79 Å². The highest BCUT2D eigenvalue weighted by atomic mass is 35.5. The van der Waals surface area contributed by atoms with Gasteiger partial charge in [0.1, 0.15) is 6.33 Å². The lowest BCUT2D eigenvalue weighted by Crippen LogP contribution is -2.37. The van der Waals surface area contributed by atoms with Gasteiger partial charge in [-0.05, 0) is 25.4 Å². The van der Waals surface area contributed by atoms with Crippen LogP contribution in [0.2, 0.25) is 5.28 Å². The molecule has 8 nitrogen and oxygen atoms in total. The van der Waals surface area contributed by atoms with Crippen LogP contribution in [-0.2, 0) is 4.79 Å². The van der Waals surface area contributed by atoms with E-state index in [0.717, 1.165) is 0 Å². The van der Waals surface area contributed by atoms with Crippen molar-refractivity contribution < 1.29 is 4.79 Å². The van der Waals surface area contributed by atoms with E-state index in [1.165, 1.54) is 0 Å². The fraction of sp³-hybridized carbons (Fsp3) is 0.364. The van der Waals surface area contributed by atoms with Crippen LogP contribution in [0, 0.1) is 5.41 Å². The van der Waals surface area contributed by atoms with Gasteiger partial charge in [-0.3, -0.25) is 9.36 Å². The number of nitrogens with one attached hydrogen (secondary N) is 1. The Bertz CT molecular complexity index is 611. The molecule has 0 saturated heterocycles. The van der Waals surface area contributed by atoms with Crippen molar-refractivity contribution in [2.24, 2.45) is 11.1 Å². The van der Waals surface area contributed by atoms with Gasteiger partial charge in [0, 0.05) is 18.9 Å². The first-order chi connectivity index (χ1) is 9.38. The molecule has 0 atom stereocenters. The monoisotopic (exact) mass is 295 g/mol. The molecule has 2 aromatic rings. The molecule has 2 aromatic heterocycles. The number of primary amides is 1. The van der Waals surface area contributed by atoms with Crippen molar-refractivity contribution in [2.75, 3.05) is 11.9 Å². The number of halogens is 1. The van der Waals surface area contributed by atoms with Crippen molar-refractivity contribution in [3.05, 3.63) is 24.0 Å². The standard InChI is InChI=1S/C11H14ClN7O/c1-11(2,7(13)20)5-15-9-16-8(12)17-10(18-9)19-4-3-14-6-19/h3-4,6H,5H2,1-2H3,(H2,13,20)(H,15,16,17,18). The topological polar surface area (TPSA) is 112 Å². The van der Waals surface area contributed by atoms with E-state index in [4.69, 9.17) is 17.3 Å². The van der Waals surface area contributed by atoms with E-state index >= 15 is 0 Å². The lowest BCUT2D eigenvalue weighted by molar-refractivity contribution is -0.125. The van der Waals surface area contributed by atoms with Gasteiger partial charge in [0.2, 0.25) is 23.1 Å². The zero-order valence-electron chi connectivity index (χ0n) is 11.0. The Morgan fingerprint density at radius 3 is 2.80 bits per heavy atom. The van der Waals surface area contributed by atoms with E-state index < -0.39 is 11.3 Å². The summed E-state index contributed by atoms with van der Waals surface area (Å²) in [7, 11) is 0. The number of hydrogen-bond acceptors (Lipinski definition) is 6. The van der Waals surface area contributed by atoms with Gasteiger partial charge >= 0.3 is 0 Å². The van der Waals surface area contributed by atoms with Crippen LogP contribution in [0.15, 0.2) is 18.7 Å². The summed E-state index contributed by atoms with van der Waals surface area (Å²) in [6.07, 6.45) is 4.83. The van der Waals surface area contributed by atoms with Crippen molar-refractivity contribution >= 4 is 23.5 Å². The maximum atomic E-state index is 11.3. The summed E-state index contributed by atoms with van der Waals surface area (Å²) in [6, 6.07) is 0. The highest BCUT2D eigenvalue weighted by Crippen LogP contribution is 2.15. The summed E-state index contributed by atoms with van der Waals surface area (Å²) >= 11 is 5.85. The number of rotatable bonds is 5. The minimum atomic E-state index is -0.728. The number of carbonyl (C=O) groups is 1. The Kier molecular flexibility index (Phi) is 3.84. The zero-order valence-corrected chi connectivity index (χ0v) is 11.8. The van der Waals surface area contributed by atoms with Crippen LogP contribution in [0.4, 0.5) is 5.95 Å². The summed E-state index contributed by atoms with van der Waals surface area (Å²) in [6.45, 7) is 3.73. The van der Waals surface area contributed by atoms with E-state index in [0.29, 0.717) is 5.95 Å². The molecule has 0 aromatic carbocycles. The second-order valence-corrected chi connectivity index (χ2v) is 5.14. The fourth-order valence-electron chi connectivity index (χ4n) is 1.30. The molecular formula is C11H14ClN7O. The van der Waals surface area contributed by atoms with Gasteiger partial charge in [-0.15, -0.1) is 0 Å². The molecule has 2 heterocycles. The van der Waals surface area contributed by atoms with Crippen molar-refractivity contribution in [1.82, 2.24) is 24.5 Å². The zero-order chi connectivity index (χ0) is 14.8. The minimum Gasteiger partial charge on any atom is -0.369 e. The largest absolute Gasteiger partial charge is 0.369 e. The van der Waals surface area contributed by atoms with Crippen LogP contribution >= 0.6 is 11.6 Å². The van der Waals surface area contributed by atoms with Gasteiger partial charge in [0.05, 0.1) is 5.41 Å². The van der Waals surface area contributed by atoms with Gasteiger partial charge in [0.15, 0.2) is 0 Å². The van der Waals surface area contributed by atoms with Crippen LogP contribution in [0.1, 0.15) is 13.8 Å². The number of amides is 1. The Labute approximate surface area is 120 Å². The second-order valence-electron chi connectivity index (χ2n) is 4.80. The predicted molar refractivity (Wildman–Crippen MR) is 73.4 cm³/mol. The smallest absolute Gasteiger partial charge is 0.241 e. The number of hydrogen-bond donors (Lipinski definition) is 2. The molecule has 0 spiro atoms. The molecule has 0 fully saturated rings. The molecule has 0 aliphatic heterocycles. The van der Waals surface area contributed by atoms with E-state index in [2.05, 4.69) is 25.3 Å². The first-order valence-electron chi connectivity index (χ1n) is 5.82. The first kappa shape index (κ1) is 14.2. The van der Waals surface area contributed by atoms with Gasteiger partial charge < -0.3 is 11.1 Å². The number of nitrogens with two attached hydrogens (primary N) is 1. The third kappa shape index (κ3) is 3.21. The number of carbonyl (C=O) groups excluding carboxylic acids is 1. The summed E-state index contributed by atoms with van der Waals surface area (Å²) in [5, 5.41) is 2.97. The van der Waals surface area contributed by atoms with E-state index in [1.54, 1.807) is 37.1 Å². The molecule has 9 heteroatoms. The Hall–Kier alpha value is -2.22.